The molecule has 9 nitrogen and oxygen atoms in total. The molecule has 9 heteroatoms. The predicted octanol–water partition coefficient (Wildman–Crippen LogP) is 4.61. The summed E-state index contributed by atoms with van der Waals surface area (Å²) in [4.78, 5) is 13.0. The van der Waals surface area contributed by atoms with Crippen molar-refractivity contribution in [1.29, 1.82) is 0 Å². The molecule has 1 heterocycles. The average molecular weight is 515 g/mol. The highest BCUT2D eigenvalue weighted by Gasteiger charge is 2.47. The molecular weight excluding hydrogens is 480 g/mol. The Morgan fingerprint density at radius 3 is 2.30 bits per heavy atom. The van der Waals surface area contributed by atoms with Gasteiger partial charge in [0.05, 0.1) is 28.4 Å². The summed E-state index contributed by atoms with van der Waals surface area (Å²) in [5, 5.41) is 12.0. The molecule has 1 aliphatic carbocycles. The number of esters is 1. The van der Waals surface area contributed by atoms with E-state index in [1.54, 1.807) is 40.0 Å². The van der Waals surface area contributed by atoms with Gasteiger partial charge in [-0.1, -0.05) is 13.0 Å². The standard InChI is InChI=1S/C28H34O9/c1-9-14(2)27(29)37-26-17-12-18(31-5)22(32-6)25(34-8)21(17)20-16(10-15(3)28(26,4)30)11-19-23(24(20)33-7)36-13-35-19/h9,11-12,15,26,30H,10,13H2,1-8H3/b14-9+/t15-,26-,28+/m1/s1. The van der Waals surface area contributed by atoms with E-state index in [0.717, 1.165) is 5.56 Å². The quantitative estimate of drug-likeness (QED) is 0.437. The van der Waals surface area contributed by atoms with Gasteiger partial charge in [-0.15, -0.1) is 0 Å². The zero-order chi connectivity index (χ0) is 27.1. The molecular formula is C28H34O9. The van der Waals surface area contributed by atoms with Gasteiger partial charge in [-0.2, -0.15) is 0 Å². The number of aliphatic hydroxyl groups is 1. The molecule has 3 atom stereocenters. The van der Waals surface area contributed by atoms with Crippen molar-refractivity contribution in [2.24, 2.45) is 5.92 Å². The molecule has 0 saturated carbocycles. The van der Waals surface area contributed by atoms with Crippen molar-refractivity contribution in [2.75, 3.05) is 35.2 Å². The molecule has 1 N–H and O–H groups in total. The Kier molecular flexibility index (Phi) is 7.19. The van der Waals surface area contributed by atoms with Crippen molar-refractivity contribution in [3.05, 3.63) is 34.9 Å². The van der Waals surface area contributed by atoms with Crippen LogP contribution in [-0.4, -0.2) is 51.9 Å². The first-order chi connectivity index (χ1) is 17.6. The number of ether oxygens (including phenoxy) is 7. The summed E-state index contributed by atoms with van der Waals surface area (Å²) in [7, 11) is 6.08. The third-order valence-corrected chi connectivity index (χ3v) is 7.33. The summed E-state index contributed by atoms with van der Waals surface area (Å²) in [5.41, 5.74) is 1.46. The van der Waals surface area contributed by atoms with E-state index in [1.165, 1.54) is 21.3 Å². The number of fused-ring (bicyclic) bond motifs is 4. The molecule has 4 rings (SSSR count). The number of benzene rings is 2. The summed E-state index contributed by atoms with van der Waals surface area (Å²) in [5.74, 6) is 1.60. The largest absolute Gasteiger partial charge is 0.493 e. The minimum absolute atomic E-state index is 0.0562. The summed E-state index contributed by atoms with van der Waals surface area (Å²) in [6.07, 6.45) is 0.998. The lowest BCUT2D eigenvalue weighted by molar-refractivity contribution is -0.166. The number of carbonyl (C=O) groups excluding carboxylic acids is 1. The van der Waals surface area contributed by atoms with E-state index in [1.807, 2.05) is 13.0 Å². The van der Waals surface area contributed by atoms with Gasteiger partial charge in [-0.05, 0) is 50.8 Å². The Labute approximate surface area is 216 Å². The first-order valence-corrected chi connectivity index (χ1v) is 12.0. The van der Waals surface area contributed by atoms with Crippen molar-refractivity contribution in [3.8, 4) is 45.6 Å². The van der Waals surface area contributed by atoms with Crippen LogP contribution < -0.4 is 28.4 Å². The molecule has 2 aliphatic rings. The maximum absolute atomic E-state index is 13.0. The minimum atomic E-state index is -1.48. The molecule has 2 aromatic carbocycles. The van der Waals surface area contributed by atoms with Gasteiger partial charge in [0.1, 0.15) is 5.60 Å². The molecule has 0 aromatic heterocycles. The van der Waals surface area contributed by atoms with Crippen LogP contribution in [0, 0.1) is 5.92 Å². The fourth-order valence-corrected chi connectivity index (χ4v) is 4.94. The first kappa shape index (κ1) is 26.5. The number of carbonyl (C=O) groups is 1. The Bertz CT molecular complexity index is 1250. The van der Waals surface area contributed by atoms with Crippen molar-refractivity contribution in [1.82, 2.24) is 0 Å². The van der Waals surface area contributed by atoms with Gasteiger partial charge in [-0.25, -0.2) is 4.79 Å². The van der Waals surface area contributed by atoms with E-state index < -0.39 is 17.7 Å². The Hall–Kier alpha value is -3.59. The molecule has 0 saturated heterocycles. The number of rotatable bonds is 6. The maximum atomic E-state index is 13.0. The summed E-state index contributed by atoms with van der Waals surface area (Å²) in [6, 6.07) is 3.60. The zero-order valence-electron chi connectivity index (χ0n) is 22.5. The van der Waals surface area contributed by atoms with Crippen LogP contribution in [-0.2, 0) is 16.0 Å². The summed E-state index contributed by atoms with van der Waals surface area (Å²) < 4.78 is 40.6. The molecule has 0 fully saturated rings. The van der Waals surface area contributed by atoms with Gasteiger partial charge in [0.2, 0.25) is 18.3 Å². The highest BCUT2D eigenvalue weighted by atomic mass is 16.7. The molecule has 0 bridgehead atoms. The lowest BCUT2D eigenvalue weighted by atomic mass is 9.73. The van der Waals surface area contributed by atoms with Crippen LogP contribution in [0.1, 0.15) is 44.9 Å². The van der Waals surface area contributed by atoms with Crippen molar-refractivity contribution < 1.29 is 43.1 Å². The Balaban J connectivity index is 2.17. The second-order valence-electron chi connectivity index (χ2n) is 9.38. The third kappa shape index (κ3) is 4.21. The lowest BCUT2D eigenvalue weighted by Gasteiger charge is -2.41. The number of hydrogen-bond donors (Lipinski definition) is 1. The SMILES string of the molecule is C/C=C(\C)C(=O)O[C@@H]1c2cc(OC)c(OC)c(OC)c2-c2c(cc3c(c2OC)OCO3)C[C@@H](C)[C@]1(C)O. The lowest BCUT2D eigenvalue weighted by Crippen LogP contribution is -2.44. The predicted molar refractivity (Wildman–Crippen MR) is 136 cm³/mol. The second kappa shape index (κ2) is 10.0. The molecule has 1 aliphatic heterocycles. The fourth-order valence-electron chi connectivity index (χ4n) is 4.94. The smallest absolute Gasteiger partial charge is 0.334 e. The Morgan fingerprint density at radius 2 is 1.70 bits per heavy atom. The van der Waals surface area contributed by atoms with Crippen LogP contribution in [0.4, 0.5) is 0 Å². The number of allylic oxidation sites excluding steroid dienone is 1. The normalized spacial score (nSPS) is 22.2. The van der Waals surface area contributed by atoms with Crippen LogP contribution in [0.3, 0.4) is 0 Å². The van der Waals surface area contributed by atoms with Gasteiger partial charge in [0, 0.05) is 22.3 Å². The molecule has 37 heavy (non-hydrogen) atoms. The van der Waals surface area contributed by atoms with E-state index in [-0.39, 0.29) is 12.7 Å². The van der Waals surface area contributed by atoms with Crippen LogP contribution in [0.5, 0.6) is 34.5 Å². The van der Waals surface area contributed by atoms with Crippen LogP contribution in [0.25, 0.3) is 11.1 Å². The molecule has 0 unspecified atom stereocenters. The zero-order valence-corrected chi connectivity index (χ0v) is 22.5. The molecule has 0 amide bonds. The van der Waals surface area contributed by atoms with E-state index in [2.05, 4.69) is 0 Å². The van der Waals surface area contributed by atoms with Gasteiger partial charge in [0.15, 0.2) is 29.1 Å². The van der Waals surface area contributed by atoms with Gasteiger partial charge in [-0.3, -0.25) is 0 Å². The van der Waals surface area contributed by atoms with Crippen LogP contribution >= 0.6 is 0 Å². The number of hydrogen-bond acceptors (Lipinski definition) is 9. The van der Waals surface area contributed by atoms with Gasteiger partial charge in [0.25, 0.3) is 0 Å². The first-order valence-electron chi connectivity index (χ1n) is 12.0. The topological polar surface area (TPSA) is 102 Å². The fraction of sp³-hybridized carbons (Fsp3) is 0.464. The summed E-state index contributed by atoms with van der Waals surface area (Å²) in [6.45, 7) is 7.05. The second-order valence-corrected chi connectivity index (χ2v) is 9.38. The van der Waals surface area contributed by atoms with Crippen LogP contribution in [0.2, 0.25) is 0 Å². The molecule has 2 aromatic rings. The van der Waals surface area contributed by atoms with E-state index in [0.29, 0.717) is 63.2 Å². The summed E-state index contributed by atoms with van der Waals surface area (Å²) >= 11 is 0. The Morgan fingerprint density at radius 1 is 1.03 bits per heavy atom. The molecule has 0 radical (unpaired) electrons. The maximum Gasteiger partial charge on any atom is 0.334 e. The minimum Gasteiger partial charge on any atom is -0.493 e. The number of methoxy groups -OCH3 is 4. The van der Waals surface area contributed by atoms with Gasteiger partial charge >= 0.3 is 5.97 Å². The van der Waals surface area contributed by atoms with E-state index in [4.69, 9.17) is 33.2 Å². The molecule has 200 valence electrons. The monoisotopic (exact) mass is 514 g/mol. The van der Waals surface area contributed by atoms with Gasteiger partial charge < -0.3 is 38.3 Å². The van der Waals surface area contributed by atoms with E-state index in [9.17, 15) is 9.90 Å². The highest BCUT2D eigenvalue weighted by molar-refractivity contribution is 5.90. The molecule has 0 spiro atoms. The average Bonchev–Trinajstić information content (AvgIpc) is 3.36. The van der Waals surface area contributed by atoms with Crippen molar-refractivity contribution in [3.63, 3.8) is 0 Å². The van der Waals surface area contributed by atoms with Crippen LogP contribution in [0.15, 0.2) is 23.8 Å². The van der Waals surface area contributed by atoms with Crippen molar-refractivity contribution >= 4 is 5.97 Å². The van der Waals surface area contributed by atoms with E-state index >= 15 is 0 Å². The highest BCUT2D eigenvalue weighted by Crippen LogP contribution is 2.59. The third-order valence-electron chi connectivity index (χ3n) is 7.33. The van der Waals surface area contributed by atoms with Crippen molar-refractivity contribution in [2.45, 2.75) is 45.8 Å².